The molecule has 148 valence electrons. The summed E-state index contributed by atoms with van der Waals surface area (Å²) in [6, 6.07) is 22.7. The van der Waals surface area contributed by atoms with Gasteiger partial charge in [0.05, 0.1) is 18.4 Å². The summed E-state index contributed by atoms with van der Waals surface area (Å²) in [4.78, 5) is 21.4. The summed E-state index contributed by atoms with van der Waals surface area (Å²) in [6.07, 6.45) is -0.425. The molecule has 1 aliphatic heterocycles. The van der Waals surface area contributed by atoms with Gasteiger partial charge >= 0.3 is 0 Å². The molecule has 1 heterocycles. The third-order valence-electron chi connectivity index (χ3n) is 4.99. The van der Waals surface area contributed by atoms with Crippen LogP contribution in [0.15, 0.2) is 72.8 Å². The van der Waals surface area contributed by atoms with E-state index in [1.807, 2.05) is 72.6 Å². The first kappa shape index (κ1) is 19.3. The third-order valence-corrected chi connectivity index (χ3v) is 5.22. The minimum absolute atomic E-state index is 0.225. The maximum absolute atomic E-state index is 13.3. The molecule has 0 aliphatic carbocycles. The van der Waals surface area contributed by atoms with Crippen molar-refractivity contribution in [3.8, 4) is 5.75 Å². The first-order chi connectivity index (χ1) is 14.1. The van der Waals surface area contributed by atoms with Crippen molar-refractivity contribution in [1.82, 2.24) is 5.06 Å². The van der Waals surface area contributed by atoms with Crippen LogP contribution in [0.3, 0.4) is 0 Å². The van der Waals surface area contributed by atoms with E-state index >= 15 is 0 Å². The third kappa shape index (κ3) is 3.79. The van der Waals surface area contributed by atoms with Crippen molar-refractivity contribution in [2.75, 3.05) is 19.1 Å². The second-order valence-corrected chi connectivity index (χ2v) is 7.25. The van der Waals surface area contributed by atoms with Crippen LogP contribution >= 0.6 is 11.6 Å². The van der Waals surface area contributed by atoms with Crippen LogP contribution in [0.1, 0.15) is 27.7 Å². The summed E-state index contributed by atoms with van der Waals surface area (Å²) in [5.41, 5.74) is 3.21. The Morgan fingerprint density at radius 3 is 2.41 bits per heavy atom. The number of hydrogen-bond donors (Lipinski definition) is 0. The second-order valence-electron chi connectivity index (χ2n) is 6.81. The van der Waals surface area contributed by atoms with Crippen LogP contribution < -0.4 is 9.64 Å². The number of fused-ring (bicyclic) bond motifs is 1. The highest BCUT2D eigenvalue weighted by Crippen LogP contribution is 2.39. The topological polar surface area (TPSA) is 42.0 Å². The van der Waals surface area contributed by atoms with Crippen LogP contribution in [0, 0.1) is 0 Å². The molecule has 3 aromatic rings. The first-order valence-electron chi connectivity index (χ1n) is 9.25. The predicted octanol–water partition coefficient (Wildman–Crippen LogP) is 5.07. The van der Waals surface area contributed by atoms with Crippen molar-refractivity contribution in [2.45, 2.75) is 12.8 Å². The lowest BCUT2D eigenvalue weighted by Gasteiger charge is -2.42. The number of methoxy groups -OCH3 is 1. The molecule has 0 fully saturated rings. The van der Waals surface area contributed by atoms with E-state index in [-0.39, 0.29) is 12.5 Å². The lowest BCUT2D eigenvalue weighted by Crippen LogP contribution is -2.47. The van der Waals surface area contributed by atoms with Gasteiger partial charge in [-0.1, -0.05) is 54.1 Å². The Labute approximate surface area is 175 Å². The largest absolute Gasteiger partial charge is 0.497 e. The fourth-order valence-corrected chi connectivity index (χ4v) is 3.66. The van der Waals surface area contributed by atoms with Gasteiger partial charge < -0.3 is 9.64 Å². The molecule has 29 heavy (non-hydrogen) atoms. The van der Waals surface area contributed by atoms with Gasteiger partial charge in [0, 0.05) is 12.1 Å². The summed E-state index contributed by atoms with van der Waals surface area (Å²) in [5, 5.41) is 1.93. The standard InChI is InChI=1S/C23H21ClN2O3/c1-25-21-13-10-18(24)14-20(21)23(27)26(29-15-16-6-4-3-5-7-16)22(25)17-8-11-19(28-2)12-9-17/h3-14,22H,15H2,1-2H3. The number of ether oxygens (including phenoxy) is 1. The Balaban J connectivity index is 1.73. The van der Waals surface area contributed by atoms with Crippen molar-refractivity contribution >= 4 is 23.2 Å². The molecule has 3 aromatic carbocycles. The minimum Gasteiger partial charge on any atom is -0.497 e. The zero-order valence-electron chi connectivity index (χ0n) is 16.2. The molecule has 0 bridgehead atoms. The number of anilines is 1. The molecule has 0 N–H and O–H groups in total. The molecule has 1 atom stereocenters. The van der Waals surface area contributed by atoms with Crippen molar-refractivity contribution in [3.63, 3.8) is 0 Å². The number of nitrogens with zero attached hydrogens (tertiary/aromatic N) is 2. The normalized spacial score (nSPS) is 16.0. The van der Waals surface area contributed by atoms with E-state index < -0.39 is 6.17 Å². The molecule has 0 saturated heterocycles. The van der Waals surface area contributed by atoms with E-state index in [0.29, 0.717) is 10.6 Å². The average Bonchev–Trinajstić information content (AvgIpc) is 2.76. The van der Waals surface area contributed by atoms with Gasteiger partial charge in [0.25, 0.3) is 5.91 Å². The lowest BCUT2D eigenvalue weighted by atomic mass is 10.0. The van der Waals surface area contributed by atoms with Gasteiger partial charge in [0.15, 0.2) is 6.17 Å². The number of hydrogen-bond acceptors (Lipinski definition) is 4. The fourth-order valence-electron chi connectivity index (χ4n) is 3.49. The van der Waals surface area contributed by atoms with E-state index in [1.54, 1.807) is 19.2 Å². The molecule has 1 unspecified atom stereocenters. The van der Waals surface area contributed by atoms with Gasteiger partial charge in [-0.15, -0.1) is 0 Å². The lowest BCUT2D eigenvalue weighted by molar-refractivity contribution is -0.162. The summed E-state index contributed by atoms with van der Waals surface area (Å²) in [6.45, 7) is 0.281. The molecule has 5 nitrogen and oxygen atoms in total. The van der Waals surface area contributed by atoms with Crippen LogP contribution in [0.5, 0.6) is 5.75 Å². The molecule has 4 rings (SSSR count). The number of benzene rings is 3. The highest BCUT2D eigenvalue weighted by Gasteiger charge is 2.38. The zero-order chi connectivity index (χ0) is 20.4. The monoisotopic (exact) mass is 408 g/mol. The van der Waals surface area contributed by atoms with Gasteiger partial charge in [-0.05, 0) is 41.5 Å². The Bertz CT molecular complexity index is 1010. The summed E-state index contributed by atoms with van der Waals surface area (Å²) < 4.78 is 5.27. The van der Waals surface area contributed by atoms with Gasteiger partial charge in [0.2, 0.25) is 0 Å². The van der Waals surface area contributed by atoms with E-state index in [1.165, 1.54) is 5.06 Å². The smallest absolute Gasteiger partial charge is 0.281 e. The second kappa shape index (κ2) is 8.15. The van der Waals surface area contributed by atoms with Crippen LogP contribution in [0.2, 0.25) is 5.02 Å². The highest BCUT2D eigenvalue weighted by atomic mass is 35.5. The summed E-state index contributed by atoms with van der Waals surface area (Å²) in [5.74, 6) is 0.528. The van der Waals surface area contributed by atoms with E-state index in [2.05, 4.69) is 0 Å². The summed E-state index contributed by atoms with van der Waals surface area (Å²) in [7, 11) is 3.56. The predicted molar refractivity (Wildman–Crippen MR) is 113 cm³/mol. The molecule has 0 radical (unpaired) electrons. The highest BCUT2D eigenvalue weighted by molar-refractivity contribution is 6.31. The van der Waals surface area contributed by atoms with Crippen molar-refractivity contribution in [3.05, 3.63) is 94.5 Å². The maximum Gasteiger partial charge on any atom is 0.281 e. The molecule has 0 spiro atoms. The molecule has 1 aliphatic rings. The number of rotatable bonds is 5. The minimum atomic E-state index is -0.425. The SMILES string of the molecule is COc1ccc(C2N(OCc3ccccc3)C(=O)c3cc(Cl)ccc3N2C)cc1. The van der Waals surface area contributed by atoms with Crippen LogP contribution in [-0.4, -0.2) is 25.1 Å². The molecule has 1 amide bonds. The van der Waals surface area contributed by atoms with Crippen molar-refractivity contribution < 1.29 is 14.4 Å². The van der Waals surface area contributed by atoms with Gasteiger partial charge in [-0.2, -0.15) is 5.06 Å². The van der Waals surface area contributed by atoms with Crippen molar-refractivity contribution in [1.29, 1.82) is 0 Å². The van der Waals surface area contributed by atoms with E-state index in [0.717, 1.165) is 22.6 Å². The fraction of sp³-hybridized carbons (Fsp3) is 0.174. The molecular weight excluding hydrogens is 388 g/mol. The number of amides is 1. The zero-order valence-corrected chi connectivity index (χ0v) is 17.0. The van der Waals surface area contributed by atoms with Crippen LogP contribution in [0.4, 0.5) is 5.69 Å². The van der Waals surface area contributed by atoms with Gasteiger partial charge in [-0.25, -0.2) is 0 Å². The number of carbonyl (C=O) groups excluding carboxylic acids is 1. The number of halogens is 1. The number of carbonyl (C=O) groups is 1. The quantitative estimate of drug-likeness (QED) is 0.591. The van der Waals surface area contributed by atoms with Crippen molar-refractivity contribution in [2.24, 2.45) is 0 Å². The molecule has 0 saturated carbocycles. The van der Waals surface area contributed by atoms with Crippen LogP contribution in [0.25, 0.3) is 0 Å². The number of hydroxylamine groups is 2. The Hall–Kier alpha value is -3.02. The van der Waals surface area contributed by atoms with Gasteiger partial charge in [-0.3, -0.25) is 9.63 Å². The summed E-state index contributed by atoms with van der Waals surface area (Å²) >= 11 is 6.15. The average molecular weight is 409 g/mol. The van der Waals surface area contributed by atoms with E-state index in [9.17, 15) is 4.79 Å². The Kier molecular flexibility index (Phi) is 5.43. The Morgan fingerprint density at radius 2 is 1.72 bits per heavy atom. The van der Waals surface area contributed by atoms with Gasteiger partial charge in [0.1, 0.15) is 12.4 Å². The first-order valence-corrected chi connectivity index (χ1v) is 9.63. The molecular formula is C23H21ClN2O3. The molecule has 0 aromatic heterocycles. The van der Waals surface area contributed by atoms with E-state index in [4.69, 9.17) is 21.2 Å². The van der Waals surface area contributed by atoms with Crippen LogP contribution in [-0.2, 0) is 11.4 Å². The molecule has 6 heteroatoms. The Morgan fingerprint density at radius 1 is 1.00 bits per heavy atom. The maximum atomic E-state index is 13.3.